The minimum Gasteiger partial charge on any atom is -0.374 e. The molecule has 0 aliphatic heterocycles. The summed E-state index contributed by atoms with van der Waals surface area (Å²) in [7, 11) is -0.576. The molecule has 0 aromatic heterocycles. The van der Waals surface area contributed by atoms with Crippen LogP contribution in [-0.4, -0.2) is 17.2 Å². The van der Waals surface area contributed by atoms with Crippen molar-refractivity contribution < 1.29 is 24.4 Å². The van der Waals surface area contributed by atoms with Crippen LogP contribution in [-0.2, 0) is 19.5 Å². The molecule has 0 fully saturated rings. The molecule has 5 heteroatoms. The van der Waals surface area contributed by atoms with Crippen LogP contribution < -0.4 is 0 Å². The van der Waals surface area contributed by atoms with Crippen molar-refractivity contribution in [3.8, 4) is 0 Å². The van der Waals surface area contributed by atoms with Crippen LogP contribution in [0.25, 0.3) is 0 Å². The molecular formula is C16H31Br2OPRu. The largest absolute Gasteiger partial charge is 0.374 e. The predicted octanol–water partition coefficient (Wildman–Crippen LogP) is 6.11. The van der Waals surface area contributed by atoms with E-state index >= 15 is 0 Å². The minimum atomic E-state index is -0.576. The minimum absolute atomic E-state index is 0. The molecular weight excluding hydrogens is 500 g/mol. The molecule has 0 aliphatic carbocycles. The van der Waals surface area contributed by atoms with Gasteiger partial charge in [-0.2, -0.15) is 0 Å². The van der Waals surface area contributed by atoms with Gasteiger partial charge in [0.05, 0.1) is 0 Å². The second-order valence-corrected chi connectivity index (χ2v) is 7.17. The van der Waals surface area contributed by atoms with E-state index in [9.17, 15) is 0 Å². The number of hydrogen-bond donors (Lipinski definition) is 1. The van der Waals surface area contributed by atoms with Gasteiger partial charge in [0.25, 0.3) is 0 Å². The smallest absolute Gasteiger partial charge is 0.0245 e. The van der Waals surface area contributed by atoms with E-state index in [-0.39, 0.29) is 53.4 Å². The first-order valence-corrected chi connectivity index (χ1v) is 8.41. The van der Waals surface area contributed by atoms with Crippen molar-refractivity contribution in [3.63, 3.8) is 0 Å². The number of halogens is 2. The van der Waals surface area contributed by atoms with Crippen LogP contribution >= 0.6 is 42.1 Å². The Labute approximate surface area is 166 Å². The molecule has 0 amide bonds. The second-order valence-electron chi connectivity index (χ2n) is 4.89. The van der Waals surface area contributed by atoms with Crippen LogP contribution in [0.1, 0.15) is 47.2 Å². The predicted molar refractivity (Wildman–Crippen MR) is 106 cm³/mol. The summed E-state index contributed by atoms with van der Waals surface area (Å²) in [4.78, 5) is 8.73. The first-order valence-electron chi connectivity index (χ1n) is 6.75. The summed E-state index contributed by atoms with van der Waals surface area (Å²) in [5.74, 6) is 0. The van der Waals surface area contributed by atoms with Crippen LogP contribution in [0.5, 0.6) is 0 Å². The van der Waals surface area contributed by atoms with Crippen molar-refractivity contribution in [3.05, 3.63) is 33.4 Å². The molecule has 1 aromatic carbocycles. The monoisotopic (exact) mass is 530 g/mol. The zero-order valence-corrected chi connectivity index (χ0v) is 20.5. The summed E-state index contributed by atoms with van der Waals surface area (Å²) in [6.45, 7) is 17.3. The van der Waals surface area contributed by atoms with Gasteiger partial charge < -0.3 is 4.89 Å². The van der Waals surface area contributed by atoms with Crippen LogP contribution in [0.3, 0.4) is 0 Å². The van der Waals surface area contributed by atoms with Crippen molar-refractivity contribution in [2.75, 3.05) is 12.3 Å². The fraction of sp³-hybridized carbons (Fsp3) is 0.625. The van der Waals surface area contributed by atoms with E-state index in [1.165, 1.54) is 33.4 Å². The molecule has 1 aromatic rings. The van der Waals surface area contributed by atoms with Crippen molar-refractivity contribution in [2.24, 2.45) is 0 Å². The normalized spacial score (nSPS) is 8.86. The van der Waals surface area contributed by atoms with Crippen LogP contribution in [0.2, 0.25) is 0 Å². The summed E-state index contributed by atoms with van der Waals surface area (Å²) in [6, 6.07) is 0. The third-order valence-corrected chi connectivity index (χ3v) is 5.57. The Kier molecular flexibility index (Phi) is 21.2. The Balaban J connectivity index is -0.000000142. The first kappa shape index (κ1) is 30.1. The Morgan fingerprint density at radius 2 is 0.762 bits per heavy atom. The molecule has 0 heterocycles. The van der Waals surface area contributed by atoms with E-state index in [4.69, 9.17) is 4.89 Å². The number of rotatable bonds is 2. The maximum atomic E-state index is 8.73. The van der Waals surface area contributed by atoms with Crippen LogP contribution in [0.4, 0.5) is 0 Å². The van der Waals surface area contributed by atoms with Crippen molar-refractivity contribution in [1.82, 2.24) is 0 Å². The molecule has 1 N–H and O–H groups in total. The van der Waals surface area contributed by atoms with E-state index in [1.54, 1.807) is 0 Å². The van der Waals surface area contributed by atoms with Gasteiger partial charge in [-0.3, -0.25) is 0 Å². The van der Waals surface area contributed by atoms with Crippen LogP contribution in [0, 0.1) is 41.5 Å². The fourth-order valence-electron chi connectivity index (χ4n) is 1.91. The Hall–Kier alpha value is 1.19. The molecule has 0 saturated heterocycles. The summed E-state index contributed by atoms with van der Waals surface area (Å²) >= 11 is 0. The first-order chi connectivity index (χ1) is 8.27. The van der Waals surface area contributed by atoms with Gasteiger partial charge in [-0.15, -0.1) is 34.0 Å². The summed E-state index contributed by atoms with van der Waals surface area (Å²) in [6.07, 6.45) is 1.90. The van der Waals surface area contributed by atoms with Crippen molar-refractivity contribution >= 4 is 42.1 Å². The van der Waals surface area contributed by atoms with E-state index in [0.717, 1.165) is 12.3 Å². The van der Waals surface area contributed by atoms with Crippen LogP contribution in [0.15, 0.2) is 0 Å². The molecule has 1 rings (SSSR count). The Morgan fingerprint density at radius 1 is 0.619 bits per heavy atom. The van der Waals surface area contributed by atoms with Gasteiger partial charge in [-0.05, 0) is 87.2 Å². The maximum absolute atomic E-state index is 8.73. The molecule has 0 unspecified atom stereocenters. The average molecular weight is 531 g/mol. The standard InChI is InChI=1S/C12H18.C4H11OP.2BrH.Ru/c1-7-8(2)10(4)12(6)11(5)9(7)3;1-3-6(5)4-2;;;/h1-6H3;5H,3-4H2,1-2H3;2*1H;. The molecule has 0 spiro atoms. The molecule has 21 heavy (non-hydrogen) atoms. The van der Waals surface area contributed by atoms with Gasteiger partial charge in [-0.25, -0.2) is 0 Å². The van der Waals surface area contributed by atoms with E-state index in [0.29, 0.717) is 0 Å². The zero-order chi connectivity index (χ0) is 14.5. The third-order valence-electron chi connectivity index (χ3n) is 4.11. The molecule has 0 radical (unpaired) electrons. The van der Waals surface area contributed by atoms with Gasteiger partial charge >= 0.3 is 0 Å². The van der Waals surface area contributed by atoms with Gasteiger partial charge in [0, 0.05) is 27.6 Å². The Bertz CT molecular complexity index is 303. The second kappa shape index (κ2) is 14.8. The van der Waals surface area contributed by atoms with Gasteiger partial charge in [0.2, 0.25) is 0 Å². The maximum Gasteiger partial charge on any atom is 0.0245 e. The topological polar surface area (TPSA) is 20.2 Å². The van der Waals surface area contributed by atoms with Gasteiger partial charge in [0.15, 0.2) is 0 Å². The zero-order valence-electron chi connectivity index (χ0n) is 14.5. The van der Waals surface area contributed by atoms with E-state index in [1.807, 2.05) is 13.8 Å². The van der Waals surface area contributed by atoms with E-state index < -0.39 is 8.15 Å². The average Bonchev–Trinajstić information content (AvgIpc) is 2.40. The quantitative estimate of drug-likeness (QED) is 0.361. The SMILES string of the molecule is Br.Br.CCP(O)CC.Cc1c(C)c(C)c(C)c(C)c1C.[Ru]. The van der Waals surface area contributed by atoms with E-state index in [2.05, 4.69) is 41.5 Å². The number of hydrogen-bond acceptors (Lipinski definition) is 1. The van der Waals surface area contributed by atoms with Crippen molar-refractivity contribution in [1.29, 1.82) is 0 Å². The molecule has 0 bridgehead atoms. The van der Waals surface area contributed by atoms with Crippen molar-refractivity contribution in [2.45, 2.75) is 55.4 Å². The number of benzene rings is 1. The van der Waals surface area contributed by atoms with Gasteiger partial charge in [-0.1, -0.05) is 13.8 Å². The molecule has 1 nitrogen and oxygen atoms in total. The fourth-order valence-corrected chi connectivity index (χ4v) is 2.36. The summed E-state index contributed by atoms with van der Waals surface area (Å²) < 4.78 is 0. The summed E-state index contributed by atoms with van der Waals surface area (Å²) in [5, 5.41) is 0. The molecule has 0 atom stereocenters. The molecule has 0 saturated carbocycles. The summed E-state index contributed by atoms with van der Waals surface area (Å²) in [5.41, 5.74) is 8.73. The Morgan fingerprint density at radius 3 is 0.810 bits per heavy atom. The molecule has 0 aliphatic rings. The molecule has 128 valence electrons. The van der Waals surface area contributed by atoms with Gasteiger partial charge in [0.1, 0.15) is 0 Å². The third kappa shape index (κ3) is 9.16.